The summed E-state index contributed by atoms with van der Waals surface area (Å²) < 4.78 is 34.1. The Kier molecular flexibility index (Phi) is 7.25. The second kappa shape index (κ2) is 10.6. The zero-order valence-electron chi connectivity index (χ0n) is 22.4. The molecule has 1 aromatic heterocycles. The molecule has 2 heterocycles. The first-order valence-electron chi connectivity index (χ1n) is 12.7. The number of ether oxygens (including phenoxy) is 1. The highest BCUT2D eigenvalue weighted by molar-refractivity contribution is 7.90. The maximum absolute atomic E-state index is 13.9. The van der Waals surface area contributed by atoms with Crippen LogP contribution < -0.4 is 9.46 Å². The Labute approximate surface area is 229 Å². The minimum Gasteiger partial charge on any atom is -0.480 e. The number of fused-ring (bicyclic) bond motifs is 1. The first-order chi connectivity index (χ1) is 18.7. The van der Waals surface area contributed by atoms with Crippen molar-refractivity contribution < 1.29 is 17.9 Å². The van der Waals surface area contributed by atoms with Crippen molar-refractivity contribution in [3.63, 3.8) is 0 Å². The topological polar surface area (TPSA) is 88.6 Å². The van der Waals surface area contributed by atoms with E-state index in [0.29, 0.717) is 13.1 Å². The zero-order chi connectivity index (χ0) is 27.7. The van der Waals surface area contributed by atoms with Crippen LogP contribution >= 0.6 is 0 Å². The van der Waals surface area contributed by atoms with E-state index in [1.807, 2.05) is 53.4 Å². The molecular formula is C31H31N3O4S. The molecular weight excluding hydrogens is 510 g/mol. The van der Waals surface area contributed by atoms with Crippen molar-refractivity contribution in [1.29, 1.82) is 0 Å². The first-order valence-corrected chi connectivity index (χ1v) is 14.2. The lowest BCUT2D eigenvalue weighted by Crippen LogP contribution is -2.40. The third-order valence-electron chi connectivity index (χ3n) is 7.22. The van der Waals surface area contributed by atoms with Crippen LogP contribution in [0.3, 0.4) is 0 Å². The second-order valence-electron chi connectivity index (χ2n) is 9.90. The summed E-state index contributed by atoms with van der Waals surface area (Å²) in [7, 11) is -2.89. The largest absolute Gasteiger partial charge is 0.480 e. The third-order valence-corrected chi connectivity index (χ3v) is 8.58. The lowest BCUT2D eigenvalue weighted by Gasteiger charge is -2.26. The lowest BCUT2D eigenvalue weighted by atomic mass is 9.95. The highest BCUT2D eigenvalue weighted by atomic mass is 32.2. The molecule has 0 bridgehead atoms. The van der Waals surface area contributed by atoms with Gasteiger partial charge in [0.05, 0.1) is 7.11 Å². The number of sulfonamides is 1. The van der Waals surface area contributed by atoms with Gasteiger partial charge in [0.1, 0.15) is 10.9 Å². The normalized spacial score (nSPS) is 15.1. The summed E-state index contributed by atoms with van der Waals surface area (Å²) in [4.78, 5) is 19.7. The van der Waals surface area contributed by atoms with Crippen molar-refractivity contribution in [1.82, 2.24) is 14.6 Å². The molecule has 1 amide bonds. The Bertz CT molecular complexity index is 1630. The SMILES string of the molecule is COc1ncccc1S(=O)(=O)NC(=O)C1c2cccc(-c3ccccc3)c2CN1Cc1c(C)cc(C)cc1C. The van der Waals surface area contributed by atoms with Gasteiger partial charge in [-0.2, -0.15) is 0 Å². The van der Waals surface area contributed by atoms with Gasteiger partial charge >= 0.3 is 0 Å². The maximum Gasteiger partial charge on any atom is 0.269 e. The average Bonchev–Trinajstić information content (AvgIpc) is 3.29. The molecule has 200 valence electrons. The van der Waals surface area contributed by atoms with Crippen LogP contribution in [-0.4, -0.2) is 31.3 Å². The van der Waals surface area contributed by atoms with E-state index in [2.05, 4.69) is 42.6 Å². The third kappa shape index (κ3) is 5.17. The van der Waals surface area contributed by atoms with Gasteiger partial charge < -0.3 is 4.74 Å². The van der Waals surface area contributed by atoms with Crippen LogP contribution in [0.2, 0.25) is 0 Å². The van der Waals surface area contributed by atoms with E-state index in [1.54, 1.807) is 0 Å². The van der Waals surface area contributed by atoms with E-state index in [0.717, 1.165) is 38.9 Å². The number of benzene rings is 3. The van der Waals surface area contributed by atoms with Crippen LogP contribution in [0.15, 0.2) is 83.9 Å². The van der Waals surface area contributed by atoms with Crippen LogP contribution in [0, 0.1) is 20.8 Å². The molecule has 0 radical (unpaired) electrons. The Morgan fingerprint density at radius 1 is 1.00 bits per heavy atom. The monoisotopic (exact) mass is 541 g/mol. The van der Waals surface area contributed by atoms with Gasteiger partial charge in [-0.1, -0.05) is 66.2 Å². The molecule has 3 aromatic carbocycles. The predicted octanol–water partition coefficient (Wildman–Crippen LogP) is 5.24. The molecule has 0 aliphatic carbocycles. The van der Waals surface area contributed by atoms with Gasteiger partial charge in [-0.3, -0.25) is 9.69 Å². The van der Waals surface area contributed by atoms with E-state index in [9.17, 15) is 13.2 Å². The minimum atomic E-state index is -4.24. The summed E-state index contributed by atoms with van der Waals surface area (Å²) in [6, 6.07) is 22.2. The number of rotatable bonds is 7. The first kappa shape index (κ1) is 26.6. The van der Waals surface area contributed by atoms with Crippen molar-refractivity contribution in [2.45, 2.75) is 44.8 Å². The van der Waals surface area contributed by atoms with Gasteiger partial charge in [0.2, 0.25) is 5.88 Å². The highest BCUT2D eigenvalue weighted by Crippen LogP contribution is 2.41. The Balaban J connectivity index is 1.57. The number of methoxy groups -OCH3 is 1. The smallest absolute Gasteiger partial charge is 0.269 e. The number of hydrogen-bond donors (Lipinski definition) is 1. The van der Waals surface area contributed by atoms with Gasteiger partial charge in [-0.15, -0.1) is 0 Å². The molecule has 5 rings (SSSR count). The zero-order valence-corrected chi connectivity index (χ0v) is 23.2. The molecule has 1 aliphatic heterocycles. The second-order valence-corrected chi connectivity index (χ2v) is 11.6. The number of aryl methyl sites for hydroxylation is 3. The summed E-state index contributed by atoms with van der Waals surface area (Å²) >= 11 is 0. The van der Waals surface area contributed by atoms with Crippen molar-refractivity contribution in [3.8, 4) is 17.0 Å². The van der Waals surface area contributed by atoms with E-state index in [4.69, 9.17) is 4.74 Å². The fourth-order valence-electron chi connectivity index (χ4n) is 5.51. The molecule has 0 spiro atoms. The Hall–Kier alpha value is -4.01. The number of nitrogens with zero attached hydrogens (tertiary/aromatic N) is 2. The number of carbonyl (C=O) groups excluding carboxylic acids is 1. The highest BCUT2D eigenvalue weighted by Gasteiger charge is 2.39. The van der Waals surface area contributed by atoms with Crippen LogP contribution in [-0.2, 0) is 27.9 Å². The van der Waals surface area contributed by atoms with E-state index >= 15 is 0 Å². The van der Waals surface area contributed by atoms with Crippen LogP contribution in [0.1, 0.15) is 39.4 Å². The summed E-state index contributed by atoms with van der Waals surface area (Å²) in [6.07, 6.45) is 1.44. The van der Waals surface area contributed by atoms with Crippen molar-refractivity contribution in [2.24, 2.45) is 0 Å². The van der Waals surface area contributed by atoms with Crippen LogP contribution in [0.4, 0.5) is 0 Å². The number of aromatic nitrogens is 1. The van der Waals surface area contributed by atoms with E-state index in [-0.39, 0.29) is 10.8 Å². The summed E-state index contributed by atoms with van der Waals surface area (Å²) in [5.41, 5.74) is 8.47. The fraction of sp³-hybridized carbons (Fsp3) is 0.226. The number of hydrogen-bond acceptors (Lipinski definition) is 6. The molecule has 0 saturated carbocycles. The summed E-state index contributed by atoms with van der Waals surface area (Å²) in [5.74, 6) is -0.689. The molecule has 39 heavy (non-hydrogen) atoms. The van der Waals surface area contributed by atoms with Crippen molar-refractivity contribution >= 4 is 15.9 Å². The van der Waals surface area contributed by atoms with E-state index < -0.39 is 22.0 Å². The molecule has 4 aromatic rings. The molecule has 1 unspecified atom stereocenters. The number of pyridine rings is 1. The van der Waals surface area contributed by atoms with Crippen molar-refractivity contribution in [3.05, 3.63) is 112 Å². The summed E-state index contributed by atoms with van der Waals surface area (Å²) in [6.45, 7) is 7.20. The molecule has 7 nitrogen and oxygen atoms in total. The molecule has 1 atom stereocenters. The van der Waals surface area contributed by atoms with Crippen LogP contribution in [0.5, 0.6) is 5.88 Å². The fourth-order valence-corrected chi connectivity index (χ4v) is 6.62. The quantitative estimate of drug-likeness (QED) is 0.344. The predicted molar refractivity (Wildman–Crippen MR) is 151 cm³/mol. The van der Waals surface area contributed by atoms with Crippen molar-refractivity contribution in [2.75, 3.05) is 7.11 Å². The molecule has 0 fully saturated rings. The average molecular weight is 542 g/mol. The molecule has 8 heteroatoms. The van der Waals surface area contributed by atoms with Gasteiger partial charge in [0.25, 0.3) is 15.9 Å². The van der Waals surface area contributed by atoms with Gasteiger partial charge in [0.15, 0.2) is 0 Å². The molecule has 1 aliphatic rings. The Morgan fingerprint density at radius 2 is 1.72 bits per heavy atom. The Morgan fingerprint density at radius 3 is 2.41 bits per heavy atom. The number of carbonyl (C=O) groups is 1. The van der Waals surface area contributed by atoms with Gasteiger partial charge in [-0.25, -0.2) is 18.1 Å². The van der Waals surface area contributed by atoms with E-state index in [1.165, 1.54) is 31.0 Å². The minimum absolute atomic E-state index is 0.0706. The van der Waals surface area contributed by atoms with Gasteiger partial charge in [0, 0.05) is 19.3 Å². The number of nitrogens with one attached hydrogen (secondary N) is 1. The molecule has 1 N–H and O–H groups in total. The lowest BCUT2D eigenvalue weighted by molar-refractivity contribution is -0.124. The maximum atomic E-state index is 13.9. The number of amides is 1. The standard InChI is InChI=1S/C31H31N3O4S/c1-20-16-21(2)26(22(3)17-20)18-34-19-27-24(23-10-6-5-7-11-23)12-8-13-25(27)29(34)30(35)33-39(36,37)28-14-9-15-32-31(28)38-4/h5-17,29H,18-19H2,1-4H3,(H,33,35). The summed E-state index contributed by atoms with van der Waals surface area (Å²) in [5, 5.41) is 0. The van der Waals surface area contributed by atoms with Crippen LogP contribution in [0.25, 0.3) is 11.1 Å². The molecule has 0 saturated heterocycles. The van der Waals surface area contributed by atoms with Gasteiger partial charge in [-0.05, 0) is 71.8 Å².